The van der Waals surface area contributed by atoms with Gasteiger partial charge in [0.15, 0.2) is 0 Å². The van der Waals surface area contributed by atoms with Crippen molar-refractivity contribution >= 4 is 22.7 Å². The molecule has 0 aromatic heterocycles. The molecule has 36 heavy (non-hydrogen) atoms. The largest absolute Gasteiger partial charge is 0.481 e. The maximum Gasteiger partial charge on any atom is 0.315 e. The van der Waals surface area contributed by atoms with Crippen molar-refractivity contribution in [2.24, 2.45) is 11.8 Å². The molecule has 0 saturated carbocycles. The number of nitrogens with one attached hydrogen (secondary N) is 1. The molecule has 3 aromatic carbocycles. The van der Waals surface area contributed by atoms with Gasteiger partial charge in [0.2, 0.25) is 0 Å². The van der Waals surface area contributed by atoms with Crippen molar-refractivity contribution in [3.63, 3.8) is 0 Å². The number of rotatable bonds is 7. The highest BCUT2D eigenvalue weighted by molar-refractivity contribution is 5.86. The van der Waals surface area contributed by atoms with Gasteiger partial charge in [-0.25, -0.2) is 4.79 Å². The molecule has 1 saturated heterocycles. The number of nitrogens with zero attached hydrogens (tertiary/aromatic N) is 1. The van der Waals surface area contributed by atoms with Gasteiger partial charge in [-0.05, 0) is 46.9 Å². The molecule has 182 valence electrons. The third-order valence-corrected chi connectivity index (χ3v) is 7.49. The summed E-state index contributed by atoms with van der Waals surface area (Å²) in [5.74, 6) is 0.529. The second kappa shape index (κ2) is 10.4. The van der Waals surface area contributed by atoms with E-state index in [1.807, 2.05) is 18.1 Å². The molecule has 1 heterocycles. The molecule has 0 radical (unpaired) electrons. The lowest BCUT2D eigenvalue weighted by molar-refractivity contribution is -0.138. The van der Waals surface area contributed by atoms with Gasteiger partial charge < -0.3 is 15.3 Å². The van der Waals surface area contributed by atoms with E-state index in [0.717, 1.165) is 25.3 Å². The average Bonchev–Trinajstić information content (AvgIpc) is 3.35. The SMILES string of the molecule is C[C@@H](NC[C@H]1CN(C2=CC(=C=O)C(C(=O)O)C=C2)C[C@@H]1c1ccccc1)c1cccc2ccccc12. The highest BCUT2D eigenvalue weighted by Crippen LogP contribution is 2.36. The first-order valence-corrected chi connectivity index (χ1v) is 12.4. The number of hydrogen-bond donors (Lipinski definition) is 2. The van der Waals surface area contributed by atoms with Gasteiger partial charge in [-0.15, -0.1) is 0 Å². The monoisotopic (exact) mass is 478 g/mol. The van der Waals surface area contributed by atoms with Crippen molar-refractivity contribution in [1.82, 2.24) is 10.2 Å². The van der Waals surface area contributed by atoms with Gasteiger partial charge in [-0.1, -0.05) is 78.9 Å². The first kappa shape index (κ1) is 23.8. The van der Waals surface area contributed by atoms with Crippen LogP contribution in [-0.2, 0) is 9.59 Å². The highest BCUT2D eigenvalue weighted by atomic mass is 16.4. The number of carbonyl (C=O) groups is 1. The van der Waals surface area contributed by atoms with Gasteiger partial charge in [0.05, 0.1) is 5.57 Å². The fourth-order valence-electron chi connectivity index (χ4n) is 5.53. The van der Waals surface area contributed by atoms with E-state index in [0.29, 0.717) is 11.8 Å². The summed E-state index contributed by atoms with van der Waals surface area (Å²) in [5.41, 5.74) is 3.62. The summed E-state index contributed by atoms with van der Waals surface area (Å²) in [6.07, 6.45) is 5.10. The van der Waals surface area contributed by atoms with Crippen LogP contribution in [0, 0.1) is 11.8 Å². The first-order valence-electron chi connectivity index (χ1n) is 12.4. The Morgan fingerprint density at radius 2 is 1.81 bits per heavy atom. The average molecular weight is 479 g/mol. The number of carbonyl (C=O) groups excluding carboxylic acids is 1. The summed E-state index contributed by atoms with van der Waals surface area (Å²) in [5, 5.41) is 15.7. The van der Waals surface area contributed by atoms with E-state index in [4.69, 9.17) is 0 Å². The van der Waals surface area contributed by atoms with Crippen LogP contribution in [0.15, 0.2) is 102 Å². The lowest BCUT2D eigenvalue weighted by Gasteiger charge is -2.24. The van der Waals surface area contributed by atoms with Crippen molar-refractivity contribution < 1.29 is 14.7 Å². The van der Waals surface area contributed by atoms with E-state index in [-0.39, 0.29) is 11.6 Å². The second-order valence-electron chi connectivity index (χ2n) is 9.68. The van der Waals surface area contributed by atoms with Gasteiger partial charge in [0.1, 0.15) is 11.9 Å². The molecule has 2 N–H and O–H groups in total. The molecule has 3 aromatic rings. The predicted octanol–water partition coefficient (Wildman–Crippen LogP) is 5.12. The van der Waals surface area contributed by atoms with E-state index < -0.39 is 11.9 Å². The Kier molecular flexibility index (Phi) is 6.86. The maximum atomic E-state index is 11.5. The van der Waals surface area contributed by atoms with Crippen molar-refractivity contribution in [1.29, 1.82) is 0 Å². The normalized spacial score (nSPS) is 22.4. The molecular formula is C31H30N2O3. The zero-order chi connectivity index (χ0) is 25.1. The zero-order valence-corrected chi connectivity index (χ0v) is 20.3. The van der Waals surface area contributed by atoms with Crippen LogP contribution in [0.2, 0.25) is 0 Å². The molecule has 4 atom stereocenters. The molecule has 5 rings (SSSR count). The zero-order valence-electron chi connectivity index (χ0n) is 20.3. The molecule has 2 aliphatic rings. The smallest absolute Gasteiger partial charge is 0.315 e. The van der Waals surface area contributed by atoms with Gasteiger partial charge in [-0.2, -0.15) is 0 Å². The van der Waals surface area contributed by atoms with Crippen LogP contribution in [0.4, 0.5) is 0 Å². The molecule has 0 amide bonds. The highest BCUT2D eigenvalue weighted by Gasteiger charge is 2.35. The topological polar surface area (TPSA) is 69.6 Å². The van der Waals surface area contributed by atoms with E-state index >= 15 is 0 Å². The van der Waals surface area contributed by atoms with Crippen LogP contribution in [0.5, 0.6) is 0 Å². The van der Waals surface area contributed by atoms with Gasteiger partial charge >= 0.3 is 5.97 Å². The van der Waals surface area contributed by atoms with E-state index in [1.54, 1.807) is 12.2 Å². The van der Waals surface area contributed by atoms with E-state index in [2.05, 4.69) is 83.9 Å². The standard InChI is InChI=1S/C31H30N2O3/c1-21(27-13-7-11-22-10-5-6-12-28(22)27)32-17-25-18-33(19-30(25)23-8-3-2-4-9-23)26-14-15-29(31(35)36)24(16-26)20-34/h2-16,21,25,29-30,32H,17-19H2,1H3,(H,35,36)/t21-,25+,29?,30-/m1/s1. The Labute approximate surface area is 211 Å². The summed E-state index contributed by atoms with van der Waals surface area (Å²) < 4.78 is 0. The second-order valence-corrected chi connectivity index (χ2v) is 9.68. The van der Waals surface area contributed by atoms with E-state index in [9.17, 15) is 14.7 Å². The fraction of sp³-hybridized carbons (Fsp3) is 0.258. The summed E-state index contributed by atoms with van der Waals surface area (Å²) in [4.78, 5) is 25.2. The summed E-state index contributed by atoms with van der Waals surface area (Å²) >= 11 is 0. The third kappa shape index (κ3) is 4.76. The van der Waals surface area contributed by atoms with Crippen LogP contribution in [-0.4, -0.2) is 41.6 Å². The van der Waals surface area contributed by atoms with Gasteiger partial charge in [0.25, 0.3) is 0 Å². The lowest BCUT2D eigenvalue weighted by atomic mass is 9.88. The van der Waals surface area contributed by atoms with Crippen molar-refractivity contribution in [2.75, 3.05) is 19.6 Å². The van der Waals surface area contributed by atoms with Crippen molar-refractivity contribution in [2.45, 2.75) is 18.9 Å². The first-order chi connectivity index (χ1) is 17.5. The Hall–Kier alpha value is -3.92. The molecular weight excluding hydrogens is 448 g/mol. The number of hydrogen-bond acceptors (Lipinski definition) is 4. The van der Waals surface area contributed by atoms with Crippen molar-refractivity contribution in [3.05, 3.63) is 113 Å². The fourth-order valence-corrected chi connectivity index (χ4v) is 5.53. The Balaban J connectivity index is 1.36. The van der Waals surface area contributed by atoms with Crippen LogP contribution in [0.1, 0.15) is 30.0 Å². The van der Waals surface area contributed by atoms with Crippen LogP contribution in [0.25, 0.3) is 10.8 Å². The predicted molar refractivity (Wildman–Crippen MR) is 142 cm³/mol. The van der Waals surface area contributed by atoms with Gasteiger partial charge in [-0.3, -0.25) is 4.79 Å². The molecule has 1 fully saturated rings. The van der Waals surface area contributed by atoms with Crippen LogP contribution >= 0.6 is 0 Å². The van der Waals surface area contributed by atoms with Crippen molar-refractivity contribution in [3.8, 4) is 0 Å². The number of allylic oxidation sites excluding steroid dienone is 2. The van der Waals surface area contributed by atoms with Crippen LogP contribution < -0.4 is 5.32 Å². The number of carboxylic acid groups (broad SMARTS) is 1. The molecule has 0 bridgehead atoms. The third-order valence-electron chi connectivity index (χ3n) is 7.49. The van der Waals surface area contributed by atoms with Gasteiger partial charge in [0, 0.05) is 37.3 Å². The Bertz CT molecular complexity index is 1370. The number of benzene rings is 3. The minimum atomic E-state index is -1.03. The molecule has 5 heteroatoms. The number of carboxylic acids is 1. The lowest BCUT2D eigenvalue weighted by Crippen LogP contribution is -2.30. The van der Waals surface area contributed by atoms with Crippen LogP contribution in [0.3, 0.4) is 0 Å². The molecule has 1 unspecified atom stereocenters. The minimum absolute atomic E-state index is 0.169. The minimum Gasteiger partial charge on any atom is -0.481 e. The molecule has 5 nitrogen and oxygen atoms in total. The number of aliphatic carboxylic acids is 1. The Morgan fingerprint density at radius 1 is 1.06 bits per heavy atom. The molecule has 1 aliphatic carbocycles. The summed E-state index contributed by atoms with van der Waals surface area (Å²) in [6.45, 7) is 4.67. The number of likely N-dealkylation sites (tertiary alicyclic amines) is 1. The quantitative estimate of drug-likeness (QED) is 0.462. The molecule has 1 aliphatic heterocycles. The summed E-state index contributed by atoms with van der Waals surface area (Å²) in [6, 6.07) is 25.7. The van der Waals surface area contributed by atoms with E-state index in [1.165, 1.54) is 21.9 Å². The number of fused-ring (bicyclic) bond motifs is 1. The Morgan fingerprint density at radius 3 is 2.58 bits per heavy atom. The molecule has 0 spiro atoms. The maximum absolute atomic E-state index is 11.5. The summed E-state index contributed by atoms with van der Waals surface area (Å²) in [7, 11) is 0.